The van der Waals surface area contributed by atoms with Gasteiger partial charge in [-0.2, -0.15) is 0 Å². The van der Waals surface area contributed by atoms with Crippen LogP contribution in [-0.4, -0.2) is 13.2 Å². The second-order valence-corrected chi connectivity index (χ2v) is 13.2. The summed E-state index contributed by atoms with van der Waals surface area (Å²) in [7, 11) is 0. The van der Waals surface area contributed by atoms with Gasteiger partial charge in [-0.25, -0.2) is 0 Å². The number of rotatable bonds is 0. The van der Waals surface area contributed by atoms with E-state index in [-0.39, 0.29) is 0 Å². The van der Waals surface area contributed by atoms with Crippen LogP contribution < -0.4 is 0 Å². The molecule has 0 unspecified atom stereocenters. The molecule has 9 heterocycles. The Morgan fingerprint density at radius 2 is 0.722 bits per heavy atom. The Morgan fingerprint density at radius 3 is 1.06 bits per heavy atom. The van der Waals surface area contributed by atoms with E-state index >= 15 is 0 Å². The highest BCUT2D eigenvalue weighted by molar-refractivity contribution is 7.20. The van der Waals surface area contributed by atoms with Crippen molar-refractivity contribution in [2.45, 2.75) is 0 Å². The molecule has 0 saturated heterocycles. The Kier molecular flexibility index (Phi) is 1.96. The van der Waals surface area contributed by atoms with Gasteiger partial charge in [0, 0.05) is 113 Å². The molecule has 0 aliphatic heterocycles. The van der Waals surface area contributed by atoms with Gasteiger partial charge in [0.1, 0.15) is 0 Å². The summed E-state index contributed by atoms with van der Waals surface area (Å²) in [6.07, 6.45) is 6.95. The fraction of sp³-hybridized carbons (Fsp3) is 0. The SMILES string of the molecule is c1cn2c3csc4c5ccn6c7csc8c9ccn%10c%11csc%12c1c2c1c(c%12%11)c(c(c87)c(c1c43)c56)c9%10. The van der Waals surface area contributed by atoms with E-state index < -0.39 is 0 Å². The first kappa shape index (κ1) is 16.0. The molecule has 0 atom stereocenters. The molecule has 6 heteroatoms. The minimum Gasteiger partial charge on any atom is -0.314 e. The van der Waals surface area contributed by atoms with E-state index in [0.717, 1.165) is 0 Å². The molecule has 3 nitrogen and oxygen atoms in total. The average Bonchev–Trinajstić information content (AvgIpc) is 3.70. The van der Waals surface area contributed by atoms with Crippen LogP contribution in [0, 0.1) is 0 Å². The van der Waals surface area contributed by atoms with Gasteiger partial charge < -0.3 is 13.2 Å². The second-order valence-electron chi connectivity index (χ2n) is 10.6. The van der Waals surface area contributed by atoms with Gasteiger partial charge >= 0.3 is 0 Å². The first-order chi connectivity index (χ1) is 17.9. The largest absolute Gasteiger partial charge is 0.314 e. The molecule has 4 aromatic carbocycles. The van der Waals surface area contributed by atoms with Crippen LogP contribution in [0.4, 0.5) is 0 Å². The molecule has 9 aromatic heterocycles. The van der Waals surface area contributed by atoms with Gasteiger partial charge in [0.25, 0.3) is 0 Å². The first-order valence-corrected chi connectivity index (χ1v) is 14.8. The van der Waals surface area contributed by atoms with E-state index in [0.29, 0.717) is 0 Å². The fourth-order valence-corrected chi connectivity index (χ4v) is 11.6. The summed E-state index contributed by atoms with van der Waals surface area (Å²) in [5.41, 5.74) is 8.29. The minimum absolute atomic E-state index is 1.36. The fourth-order valence-electron chi connectivity index (χ4n) is 8.32. The van der Waals surface area contributed by atoms with Gasteiger partial charge in [0.15, 0.2) is 0 Å². The highest BCUT2D eigenvalue weighted by atomic mass is 32.1. The van der Waals surface area contributed by atoms with Crippen LogP contribution >= 0.6 is 34.0 Å². The molecular formula is C30H9N3S3. The lowest BCUT2D eigenvalue weighted by Gasteiger charge is -2.23. The van der Waals surface area contributed by atoms with Gasteiger partial charge in [0.2, 0.25) is 0 Å². The molecule has 0 saturated carbocycles. The number of benzene rings is 4. The van der Waals surface area contributed by atoms with Crippen LogP contribution in [0.5, 0.6) is 0 Å². The van der Waals surface area contributed by atoms with Gasteiger partial charge in [-0.1, -0.05) is 0 Å². The highest BCUT2D eigenvalue weighted by Gasteiger charge is 2.33. The zero-order valence-electron chi connectivity index (χ0n) is 18.3. The van der Waals surface area contributed by atoms with Crippen molar-refractivity contribution in [3.8, 4) is 0 Å². The number of nitrogens with zero attached hydrogens (tertiary/aromatic N) is 3. The maximum atomic E-state index is 2.49. The van der Waals surface area contributed by atoms with Crippen molar-refractivity contribution in [1.29, 1.82) is 0 Å². The van der Waals surface area contributed by atoms with Crippen LogP contribution in [0.15, 0.2) is 52.9 Å². The summed E-state index contributed by atoms with van der Waals surface area (Å²) in [5.74, 6) is 0. The first-order valence-electron chi connectivity index (χ1n) is 12.2. The third-order valence-corrected chi connectivity index (χ3v) is 12.4. The standard InChI is InChI=1S/C30H9N3S3/c1-4-31-13-7-35-29-11-3-6-33-15-9-36-30-12-2-5-32-14-8-34-28-10(1)25(31)22-19(16(14)28)23(26(12)32)21(18(15)30)24(27(11)33)20(22)17(13)29/h1-9H. The summed E-state index contributed by atoms with van der Waals surface area (Å²) >= 11 is 5.75. The third-order valence-electron chi connectivity index (χ3n) is 9.45. The maximum absolute atomic E-state index is 2.49. The smallest absolute Gasteiger partial charge is 0.0648 e. The van der Waals surface area contributed by atoms with Crippen molar-refractivity contribution in [3.63, 3.8) is 0 Å². The Labute approximate surface area is 211 Å². The predicted molar refractivity (Wildman–Crippen MR) is 158 cm³/mol. The second kappa shape index (κ2) is 4.41. The van der Waals surface area contributed by atoms with E-state index in [9.17, 15) is 0 Å². The lowest BCUT2D eigenvalue weighted by Crippen LogP contribution is -2.00. The summed E-state index contributed by atoms with van der Waals surface area (Å²) in [4.78, 5) is 0. The number of thiophene rings is 3. The van der Waals surface area contributed by atoms with E-state index in [4.69, 9.17) is 0 Å². The monoisotopic (exact) mass is 507 g/mol. The summed E-state index contributed by atoms with van der Waals surface area (Å²) in [6, 6.07) is 7.09. The normalized spacial score (nSPS) is 14.7. The molecule has 0 N–H and O–H groups in total. The number of pyridine rings is 3. The predicted octanol–water partition coefficient (Wildman–Crippen LogP) is 9.63. The van der Waals surface area contributed by atoms with Crippen LogP contribution in [0.1, 0.15) is 0 Å². The number of hydrogen-bond acceptors (Lipinski definition) is 3. The Balaban J connectivity index is 1.68. The highest BCUT2D eigenvalue weighted by Crippen LogP contribution is 2.59. The van der Waals surface area contributed by atoms with Crippen molar-refractivity contribution in [1.82, 2.24) is 13.2 Å². The Hall–Kier alpha value is -3.84. The number of hydrogen-bond donors (Lipinski definition) is 0. The van der Waals surface area contributed by atoms with Crippen LogP contribution in [-0.2, 0) is 0 Å². The molecule has 0 aliphatic rings. The Morgan fingerprint density at radius 1 is 0.389 bits per heavy atom. The molecular weight excluding hydrogens is 499 g/mol. The maximum Gasteiger partial charge on any atom is 0.0648 e. The molecule has 13 rings (SSSR count). The van der Waals surface area contributed by atoms with Crippen LogP contribution in [0.25, 0.3) is 112 Å². The molecule has 0 spiro atoms. The summed E-state index contributed by atoms with van der Waals surface area (Å²) in [5, 5.41) is 24.6. The average molecular weight is 508 g/mol. The molecule has 13 aromatic rings. The summed E-state index contributed by atoms with van der Waals surface area (Å²) in [6.45, 7) is 0. The van der Waals surface area contributed by atoms with Crippen molar-refractivity contribution in [2.24, 2.45) is 0 Å². The van der Waals surface area contributed by atoms with Crippen molar-refractivity contribution in [2.75, 3.05) is 0 Å². The van der Waals surface area contributed by atoms with Gasteiger partial charge in [-0.05, 0) is 18.2 Å². The van der Waals surface area contributed by atoms with Crippen LogP contribution in [0.2, 0.25) is 0 Å². The van der Waals surface area contributed by atoms with E-state index in [1.807, 2.05) is 34.0 Å². The van der Waals surface area contributed by atoms with Crippen molar-refractivity contribution >= 4 is 146 Å². The molecule has 36 heavy (non-hydrogen) atoms. The van der Waals surface area contributed by atoms with Gasteiger partial charge in [-0.3, -0.25) is 0 Å². The summed E-state index contributed by atoms with van der Waals surface area (Å²) < 4.78 is 11.8. The molecule has 0 aliphatic carbocycles. The lowest BCUT2D eigenvalue weighted by atomic mass is 9.84. The van der Waals surface area contributed by atoms with Gasteiger partial charge in [-0.15, -0.1) is 34.0 Å². The van der Waals surface area contributed by atoms with Crippen molar-refractivity contribution < 1.29 is 0 Å². The van der Waals surface area contributed by atoms with E-state index in [1.54, 1.807) is 0 Å². The number of aromatic nitrogens is 3. The van der Waals surface area contributed by atoms with Gasteiger partial charge in [0.05, 0.1) is 33.1 Å². The third kappa shape index (κ3) is 1.20. The minimum atomic E-state index is 1.36. The lowest BCUT2D eigenvalue weighted by molar-refractivity contribution is 1.29. The topological polar surface area (TPSA) is 13.2 Å². The number of fused-ring (bicyclic) bond motifs is 6. The zero-order valence-corrected chi connectivity index (χ0v) is 20.7. The van der Waals surface area contributed by atoms with Crippen LogP contribution in [0.3, 0.4) is 0 Å². The molecule has 162 valence electrons. The molecule has 0 amide bonds. The molecule has 0 fully saturated rings. The van der Waals surface area contributed by atoms with Crippen molar-refractivity contribution in [3.05, 3.63) is 52.9 Å². The Bertz CT molecular complexity index is 2310. The van der Waals surface area contributed by atoms with E-state index in [1.165, 1.54) is 112 Å². The zero-order chi connectivity index (χ0) is 22.3. The van der Waals surface area contributed by atoms with E-state index in [2.05, 4.69) is 66.1 Å². The molecule has 0 radical (unpaired) electrons. The molecule has 0 bridgehead atoms. The quantitative estimate of drug-likeness (QED) is 0.143.